The van der Waals surface area contributed by atoms with E-state index in [9.17, 15) is 9.59 Å². The first kappa shape index (κ1) is 15.6. The van der Waals surface area contributed by atoms with Crippen LogP contribution in [0.2, 0.25) is 0 Å². The average molecular weight is 238 g/mol. The Kier molecular flexibility index (Phi) is 6.47. The molecule has 0 saturated carbocycles. The summed E-state index contributed by atoms with van der Waals surface area (Å²) in [6.07, 6.45) is 5.01. The fourth-order valence-electron chi connectivity index (χ4n) is 1.34. The zero-order chi connectivity index (χ0) is 13.5. The van der Waals surface area contributed by atoms with Gasteiger partial charge in [-0.1, -0.05) is 18.2 Å². The maximum Gasteiger partial charge on any atom is 0.314 e. The van der Waals surface area contributed by atoms with Gasteiger partial charge in [-0.15, -0.1) is 0 Å². The van der Waals surface area contributed by atoms with Crippen molar-refractivity contribution < 1.29 is 14.3 Å². The molecule has 0 aliphatic heterocycles. The van der Waals surface area contributed by atoms with Crippen LogP contribution in [0.5, 0.6) is 0 Å². The zero-order valence-electron chi connectivity index (χ0n) is 11.2. The van der Waals surface area contributed by atoms with Gasteiger partial charge < -0.3 is 4.74 Å². The number of Topliss-reactive ketones (excluding diaryl/α,β-unsaturated/α-hetero) is 1. The van der Waals surface area contributed by atoms with Crippen LogP contribution in [0.3, 0.4) is 0 Å². The molecule has 1 atom stereocenters. The van der Waals surface area contributed by atoms with Crippen molar-refractivity contribution in [2.24, 2.45) is 0 Å². The molecular formula is C14H22O3. The van der Waals surface area contributed by atoms with E-state index in [4.69, 9.17) is 4.74 Å². The van der Waals surface area contributed by atoms with E-state index in [0.29, 0.717) is 6.42 Å². The van der Waals surface area contributed by atoms with Crippen LogP contribution < -0.4 is 0 Å². The Balaban J connectivity index is 4.36. The molecule has 0 rings (SSSR count). The number of carbonyl (C=O) groups is 2. The Bertz CT molecular complexity index is 324. The summed E-state index contributed by atoms with van der Waals surface area (Å²) in [4.78, 5) is 22.2. The maximum atomic E-state index is 11.4. The number of ether oxygens (including phenoxy) is 1. The van der Waals surface area contributed by atoms with Crippen LogP contribution in [-0.2, 0) is 14.3 Å². The molecule has 0 aliphatic carbocycles. The Morgan fingerprint density at radius 2 is 1.88 bits per heavy atom. The quantitative estimate of drug-likeness (QED) is 0.388. The fourth-order valence-corrected chi connectivity index (χ4v) is 1.34. The van der Waals surface area contributed by atoms with Gasteiger partial charge in [-0.2, -0.15) is 0 Å². The Labute approximate surface area is 104 Å². The molecule has 0 saturated heterocycles. The molecule has 0 N–H and O–H groups in total. The second-order valence-electron chi connectivity index (χ2n) is 4.69. The largest absolute Gasteiger partial charge is 0.455 e. The molecule has 0 aromatic carbocycles. The van der Waals surface area contributed by atoms with E-state index in [1.54, 1.807) is 13.0 Å². The lowest BCUT2D eigenvalue weighted by Crippen LogP contribution is -2.29. The molecule has 3 heteroatoms. The number of ketones is 1. The number of esters is 1. The monoisotopic (exact) mass is 238 g/mol. The van der Waals surface area contributed by atoms with Crippen LogP contribution in [0.15, 0.2) is 24.3 Å². The summed E-state index contributed by atoms with van der Waals surface area (Å²) in [6.45, 7) is 10.9. The van der Waals surface area contributed by atoms with Crippen molar-refractivity contribution in [3.8, 4) is 0 Å². The van der Waals surface area contributed by atoms with Gasteiger partial charge in [-0.05, 0) is 46.6 Å². The zero-order valence-corrected chi connectivity index (χ0v) is 11.2. The molecule has 0 aromatic rings. The van der Waals surface area contributed by atoms with Crippen LogP contribution in [0, 0.1) is 0 Å². The highest BCUT2D eigenvalue weighted by molar-refractivity contribution is 5.94. The smallest absolute Gasteiger partial charge is 0.314 e. The highest BCUT2D eigenvalue weighted by atomic mass is 16.6. The molecule has 0 fully saturated rings. The molecule has 0 spiro atoms. The van der Waals surface area contributed by atoms with Gasteiger partial charge in [0.25, 0.3) is 0 Å². The van der Waals surface area contributed by atoms with Crippen LogP contribution >= 0.6 is 0 Å². The van der Waals surface area contributed by atoms with Crippen molar-refractivity contribution in [1.29, 1.82) is 0 Å². The van der Waals surface area contributed by atoms with E-state index in [1.807, 2.05) is 13.8 Å². The minimum atomic E-state index is -0.696. The molecule has 96 valence electrons. The normalized spacial score (nSPS) is 13.4. The third-order valence-corrected chi connectivity index (χ3v) is 2.37. The van der Waals surface area contributed by atoms with Gasteiger partial charge in [0, 0.05) is 0 Å². The van der Waals surface area contributed by atoms with Crippen molar-refractivity contribution in [3.05, 3.63) is 24.3 Å². The number of rotatable bonds is 7. The van der Waals surface area contributed by atoms with Gasteiger partial charge in [0.1, 0.15) is 17.8 Å². The minimum Gasteiger partial charge on any atom is -0.455 e. The van der Waals surface area contributed by atoms with E-state index in [1.165, 1.54) is 12.5 Å². The SMILES string of the molecule is C=CC(C)(CCC=C(C)C)OC(=O)CC(C)=O. The Hall–Kier alpha value is -1.38. The molecule has 0 amide bonds. The summed E-state index contributed by atoms with van der Waals surface area (Å²) < 4.78 is 5.27. The second kappa shape index (κ2) is 7.05. The highest BCUT2D eigenvalue weighted by Gasteiger charge is 2.24. The molecule has 0 heterocycles. The molecule has 3 nitrogen and oxygen atoms in total. The third-order valence-electron chi connectivity index (χ3n) is 2.37. The maximum absolute atomic E-state index is 11.4. The minimum absolute atomic E-state index is 0.175. The van der Waals surface area contributed by atoms with Crippen molar-refractivity contribution in [2.75, 3.05) is 0 Å². The van der Waals surface area contributed by atoms with Gasteiger partial charge in [0.15, 0.2) is 0 Å². The van der Waals surface area contributed by atoms with Crippen molar-refractivity contribution in [3.63, 3.8) is 0 Å². The summed E-state index contributed by atoms with van der Waals surface area (Å²) in [7, 11) is 0. The summed E-state index contributed by atoms with van der Waals surface area (Å²) in [5.74, 6) is -0.678. The second-order valence-corrected chi connectivity index (χ2v) is 4.69. The Morgan fingerprint density at radius 3 is 2.29 bits per heavy atom. The lowest BCUT2D eigenvalue weighted by molar-refractivity contribution is -0.155. The van der Waals surface area contributed by atoms with Gasteiger partial charge in [0.05, 0.1) is 0 Å². The lowest BCUT2D eigenvalue weighted by atomic mass is 9.99. The topological polar surface area (TPSA) is 43.4 Å². The van der Waals surface area contributed by atoms with E-state index < -0.39 is 11.6 Å². The van der Waals surface area contributed by atoms with Gasteiger partial charge in [0.2, 0.25) is 0 Å². The Morgan fingerprint density at radius 1 is 1.29 bits per heavy atom. The molecule has 17 heavy (non-hydrogen) atoms. The summed E-state index contributed by atoms with van der Waals surface area (Å²) >= 11 is 0. The van der Waals surface area contributed by atoms with Crippen LogP contribution in [0.4, 0.5) is 0 Å². The molecule has 0 aliphatic rings. The predicted molar refractivity (Wildman–Crippen MR) is 68.7 cm³/mol. The average Bonchev–Trinajstić information content (AvgIpc) is 2.15. The van der Waals surface area contributed by atoms with Crippen LogP contribution in [-0.4, -0.2) is 17.4 Å². The third kappa shape index (κ3) is 7.50. The predicted octanol–water partition coefficient (Wildman–Crippen LogP) is 3.20. The van der Waals surface area contributed by atoms with Gasteiger partial charge >= 0.3 is 5.97 Å². The number of carbonyl (C=O) groups excluding carboxylic acids is 2. The van der Waals surface area contributed by atoms with Crippen LogP contribution in [0.25, 0.3) is 0 Å². The van der Waals surface area contributed by atoms with Crippen LogP contribution in [0.1, 0.15) is 47.0 Å². The van der Waals surface area contributed by atoms with E-state index in [-0.39, 0.29) is 12.2 Å². The first-order valence-electron chi connectivity index (χ1n) is 5.77. The first-order chi connectivity index (χ1) is 7.79. The summed E-state index contributed by atoms with van der Waals surface area (Å²) in [6, 6.07) is 0. The fraction of sp³-hybridized carbons (Fsp3) is 0.571. The summed E-state index contributed by atoms with van der Waals surface area (Å²) in [5, 5.41) is 0. The molecule has 0 aromatic heterocycles. The molecule has 0 radical (unpaired) electrons. The standard InChI is InChI=1S/C14H22O3/c1-6-14(5,9-7-8-11(2)3)17-13(16)10-12(4)15/h6,8H,1,7,9-10H2,2-5H3. The van der Waals surface area contributed by atoms with Crippen molar-refractivity contribution in [2.45, 2.75) is 52.6 Å². The first-order valence-corrected chi connectivity index (χ1v) is 5.77. The molecule has 1 unspecified atom stereocenters. The van der Waals surface area contributed by atoms with Gasteiger partial charge in [-0.25, -0.2) is 0 Å². The number of hydrogen-bond donors (Lipinski definition) is 0. The van der Waals surface area contributed by atoms with Gasteiger partial charge in [-0.3, -0.25) is 9.59 Å². The number of allylic oxidation sites excluding steroid dienone is 2. The van der Waals surface area contributed by atoms with E-state index in [0.717, 1.165) is 6.42 Å². The van der Waals surface area contributed by atoms with E-state index in [2.05, 4.69) is 12.7 Å². The lowest BCUT2D eigenvalue weighted by Gasteiger charge is -2.25. The van der Waals surface area contributed by atoms with E-state index >= 15 is 0 Å². The molecule has 0 bridgehead atoms. The van der Waals surface area contributed by atoms with Crippen molar-refractivity contribution in [1.82, 2.24) is 0 Å². The highest BCUT2D eigenvalue weighted by Crippen LogP contribution is 2.20. The number of hydrogen-bond acceptors (Lipinski definition) is 3. The summed E-state index contributed by atoms with van der Waals surface area (Å²) in [5.41, 5.74) is 0.532. The van der Waals surface area contributed by atoms with Crippen molar-refractivity contribution >= 4 is 11.8 Å². The molecular weight excluding hydrogens is 216 g/mol.